The summed E-state index contributed by atoms with van der Waals surface area (Å²) in [6.07, 6.45) is 3.10. The summed E-state index contributed by atoms with van der Waals surface area (Å²) in [6, 6.07) is 9.59. The molecule has 0 spiro atoms. The van der Waals surface area contributed by atoms with E-state index in [0.717, 1.165) is 18.4 Å². The molecule has 3 unspecified atom stereocenters. The molecule has 2 rings (SSSR count). The highest BCUT2D eigenvalue weighted by molar-refractivity contribution is 5.89. The fraction of sp³-hybridized carbons (Fsp3) is 0.571. The number of aliphatic carboxylic acids is 1. The molecule has 2 N–H and O–H groups in total. The number of carbonyl (C=O) groups is 3. The average Bonchev–Trinajstić information content (AvgIpc) is 3.03. The van der Waals surface area contributed by atoms with Gasteiger partial charge in [0, 0.05) is 31.5 Å². The van der Waals surface area contributed by atoms with E-state index in [1.807, 2.05) is 37.3 Å². The number of carboxylic acid groups (broad SMARTS) is 1. The van der Waals surface area contributed by atoms with E-state index in [-0.39, 0.29) is 42.7 Å². The molecule has 3 atom stereocenters. The molecule has 1 aliphatic heterocycles. The van der Waals surface area contributed by atoms with Crippen molar-refractivity contribution in [3.05, 3.63) is 35.9 Å². The second-order valence-electron chi connectivity index (χ2n) is 7.41. The van der Waals surface area contributed by atoms with Gasteiger partial charge in [-0.25, -0.2) is 0 Å². The van der Waals surface area contributed by atoms with Crippen LogP contribution in [0.15, 0.2) is 30.3 Å². The van der Waals surface area contributed by atoms with E-state index in [2.05, 4.69) is 12.2 Å². The Morgan fingerprint density at radius 3 is 2.59 bits per heavy atom. The monoisotopic (exact) mass is 374 g/mol. The number of rotatable bonds is 10. The normalized spacial score (nSPS) is 19.0. The number of likely N-dealkylation sites (tertiary alicyclic amines) is 1. The molecule has 6 nitrogen and oxygen atoms in total. The molecule has 0 saturated carbocycles. The maximum Gasteiger partial charge on any atom is 0.303 e. The third-order valence-electron chi connectivity index (χ3n) is 5.15. The van der Waals surface area contributed by atoms with Gasteiger partial charge in [0.25, 0.3) is 0 Å². The van der Waals surface area contributed by atoms with Gasteiger partial charge in [-0.2, -0.15) is 0 Å². The molecule has 2 amide bonds. The zero-order valence-electron chi connectivity index (χ0n) is 16.2. The van der Waals surface area contributed by atoms with Crippen LogP contribution in [0.4, 0.5) is 0 Å². The van der Waals surface area contributed by atoms with Crippen molar-refractivity contribution in [1.82, 2.24) is 10.2 Å². The van der Waals surface area contributed by atoms with Crippen LogP contribution in [0.3, 0.4) is 0 Å². The van der Waals surface area contributed by atoms with Crippen LogP contribution in [0.1, 0.15) is 51.5 Å². The molecule has 0 bridgehead atoms. The molecule has 1 aliphatic rings. The number of hydrogen-bond acceptors (Lipinski definition) is 3. The van der Waals surface area contributed by atoms with Crippen LogP contribution in [0.5, 0.6) is 0 Å². The van der Waals surface area contributed by atoms with Gasteiger partial charge in [0.2, 0.25) is 11.8 Å². The molecule has 1 saturated heterocycles. The van der Waals surface area contributed by atoms with Gasteiger partial charge in [-0.15, -0.1) is 0 Å². The zero-order chi connectivity index (χ0) is 19.8. The molecule has 1 fully saturated rings. The van der Waals surface area contributed by atoms with E-state index in [1.54, 1.807) is 4.90 Å². The van der Waals surface area contributed by atoms with Crippen LogP contribution >= 0.6 is 0 Å². The molecular formula is C21H30N2O4. The minimum absolute atomic E-state index is 0.00103. The number of hydrogen-bond donors (Lipinski definition) is 2. The summed E-state index contributed by atoms with van der Waals surface area (Å²) in [5.74, 6) is -1.36. The van der Waals surface area contributed by atoms with E-state index < -0.39 is 5.97 Å². The van der Waals surface area contributed by atoms with E-state index in [1.165, 1.54) is 0 Å². The molecule has 1 aromatic rings. The van der Waals surface area contributed by atoms with Gasteiger partial charge in [-0.1, -0.05) is 43.7 Å². The first-order chi connectivity index (χ1) is 12.9. The van der Waals surface area contributed by atoms with Gasteiger partial charge in [0.15, 0.2) is 0 Å². The van der Waals surface area contributed by atoms with Crippen molar-refractivity contribution in [3.63, 3.8) is 0 Å². The molecule has 27 heavy (non-hydrogen) atoms. The predicted octanol–water partition coefficient (Wildman–Crippen LogP) is 2.62. The topological polar surface area (TPSA) is 86.7 Å². The Morgan fingerprint density at radius 2 is 1.96 bits per heavy atom. The lowest BCUT2D eigenvalue weighted by Gasteiger charge is -2.25. The third-order valence-corrected chi connectivity index (χ3v) is 5.15. The minimum Gasteiger partial charge on any atom is -0.481 e. The molecule has 1 aromatic carbocycles. The summed E-state index contributed by atoms with van der Waals surface area (Å²) in [7, 11) is 0. The van der Waals surface area contributed by atoms with Crippen LogP contribution in [-0.4, -0.2) is 46.4 Å². The minimum atomic E-state index is -0.877. The smallest absolute Gasteiger partial charge is 0.303 e. The summed E-state index contributed by atoms with van der Waals surface area (Å²) in [6.45, 7) is 4.55. The molecule has 6 heteroatoms. The highest BCUT2D eigenvalue weighted by atomic mass is 16.4. The molecule has 0 aromatic heterocycles. The van der Waals surface area contributed by atoms with Crippen molar-refractivity contribution in [2.75, 3.05) is 6.54 Å². The van der Waals surface area contributed by atoms with Gasteiger partial charge >= 0.3 is 5.97 Å². The standard InChI is InChI=1S/C21H30N2O4/c1-3-7-15(2)23-14-17(13-19(23)24)21(27)22-18(10-11-20(25)26)12-16-8-5-4-6-9-16/h4-6,8-9,15,17-18H,3,7,10-14H2,1-2H3,(H,22,27)(H,25,26). The van der Waals surface area contributed by atoms with Crippen molar-refractivity contribution >= 4 is 17.8 Å². The molecule has 148 valence electrons. The summed E-state index contributed by atoms with van der Waals surface area (Å²) in [5.41, 5.74) is 1.05. The quantitative estimate of drug-likeness (QED) is 0.659. The number of carbonyl (C=O) groups excluding carboxylic acids is 2. The van der Waals surface area contributed by atoms with Crippen LogP contribution in [0, 0.1) is 5.92 Å². The van der Waals surface area contributed by atoms with Crippen molar-refractivity contribution in [3.8, 4) is 0 Å². The maximum atomic E-state index is 12.7. The summed E-state index contributed by atoms with van der Waals surface area (Å²) in [4.78, 5) is 37.7. The lowest BCUT2D eigenvalue weighted by molar-refractivity contribution is -0.137. The number of nitrogens with zero attached hydrogens (tertiary/aromatic N) is 1. The Morgan fingerprint density at radius 1 is 1.26 bits per heavy atom. The van der Waals surface area contributed by atoms with Crippen molar-refractivity contribution < 1.29 is 19.5 Å². The lowest BCUT2D eigenvalue weighted by Crippen LogP contribution is -2.42. The van der Waals surface area contributed by atoms with Crippen LogP contribution in [-0.2, 0) is 20.8 Å². The Hall–Kier alpha value is -2.37. The highest BCUT2D eigenvalue weighted by Crippen LogP contribution is 2.22. The zero-order valence-corrected chi connectivity index (χ0v) is 16.2. The first-order valence-electron chi connectivity index (χ1n) is 9.76. The van der Waals surface area contributed by atoms with Gasteiger partial charge in [-0.05, 0) is 31.7 Å². The first-order valence-corrected chi connectivity index (χ1v) is 9.76. The Kier molecular flexibility index (Phi) is 7.82. The molecular weight excluding hydrogens is 344 g/mol. The van der Waals surface area contributed by atoms with Crippen LogP contribution < -0.4 is 5.32 Å². The van der Waals surface area contributed by atoms with Crippen LogP contribution in [0.25, 0.3) is 0 Å². The van der Waals surface area contributed by atoms with Gasteiger partial charge < -0.3 is 15.3 Å². The Balaban J connectivity index is 1.98. The first kappa shape index (κ1) is 20.9. The highest BCUT2D eigenvalue weighted by Gasteiger charge is 2.36. The van der Waals surface area contributed by atoms with Crippen molar-refractivity contribution in [1.29, 1.82) is 0 Å². The largest absolute Gasteiger partial charge is 0.481 e. The van der Waals surface area contributed by atoms with E-state index in [0.29, 0.717) is 19.4 Å². The average molecular weight is 374 g/mol. The van der Waals surface area contributed by atoms with Crippen molar-refractivity contribution in [2.45, 2.75) is 64.5 Å². The third kappa shape index (κ3) is 6.38. The summed E-state index contributed by atoms with van der Waals surface area (Å²) >= 11 is 0. The number of amides is 2. The molecule has 0 aliphatic carbocycles. The Bertz CT molecular complexity index is 647. The predicted molar refractivity (Wildman–Crippen MR) is 103 cm³/mol. The fourth-order valence-electron chi connectivity index (χ4n) is 3.65. The molecule has 1 heterocycles. The van der Waals surface area contributed by atoms with Gasteiger partial charge in [0.05, 0.1) is 5.92 Å². The summed E-state index contributed by atoms with van der Waals surface area (Å²) < 4.78 is 0. The van der Waals surface area contributed by atoms with Crippen LogP contribution in [0.2, 0.25) is 0 Å². The number of carboxylic acids is 1. The lowest BCUT2D eigenvalue weighted by atomic mass is 10.00. The van der Waals surface area contributed by atoms with Crippen molar-refractivity contribution in [2.24, 2.45) is 5.92 Å². The Labute approximate surface area is 160 Å². The number of nitrogens with one attached hydrogen (secondary N) is 1. The van der Waals surface area contributed by atoms with Gasteiger partial charge in [-0.3, -0.25) is 14.4 Å². The molecule has 0 radical (unpaired) electrons. The SMILES string of the molecule is CCCC(C)N1CC(C(=O)NC(CCC(=O)O)Cc2ccccc2)CC1=O. The fourth-order valence-corrected chi connectivity index (χ4v) is 3.65. The summed E-state index contributed by atoms with van der Waals surface area (Å²) in [5, 5.41) is 12.0. The number of benzene rings is 1. The van der Waals surface area contributed by atoms with E-state index >= 15 is 0 Å². The second kappa shape index (κ2) is 10.1. The van der Waals surface area contributed by atoms with E-state index in [4.69, 9.17) is 5.11 Å². The maximum absolute atomic E-state index is 12.7. The second-order valence-corrected chi connectivity index (χ2v) is 7.41. The van der Waals surface area contributed by atoms with Gasteiger partial charge in [0.1, 0.15) is 0 Å². The van der Waals surface area contributed by atoms with E-state index in [9.17, 15) is 14.4 Å².